The van der Waals surface area contributed by atoms with Crippen LogP contribution in [0.15, 0.2) is 30.6 Å². The van der Waals surface area contributed by atoms with Crippen LogP contribution < -0.4 is 11.3 Å². The Morgan fingerprint density at radius 2 is 2.39 bits per heavy atom. The molecule has 0 spiro atoms. The number of nitrogens with two attached hydrogens (primary N) is 1. The fourth-order valence-corrected chi connectivity index (χ4v) is 1.50. The van der Waals surface area contributed by atoms with E-state index in [1.807, 2.05) is 12.1 Å². The maximum Gasteiger partial charge on any atom is 0.265 e. The summed E-state index contributed by atoms with van der Waals surface area (Å²) in [6.45, 7) is 0.431. The number of rotatable bonds is 3. The lowest BCUT2D eigenvalue weighted by molar-refractivity contribution is 0.0953. The van der Waals surface area contributed by atoms with Gasteiger partial charge in [-0.1, -0.05) is 12.1 Å². The van der Waals surface area contributed by atoms with E-state index in [0.29, 0.717) is 12.1 Å². The third-order valence-corrected chi connectivity index (χ3v) is 2.30. The van der Waals surface area contributed by atoms with Gasteiger partial charge in [0.25, 0.3) is 11.7 Å². The molecule has 0 fully saturated rings. The van der Waals surface area contributed by atoms with Crippen LogP contribution in [-0.2, 0) is 6.54 Å². The number of hydrazine groups is 1. The first kappa shape index (κ1) is 11.8. The summed E-state index contributed by atoms with van der Waals surface area (Å²) >= 11 is 0. The molecule has 1 aromatic carbocycles. The van der Waals surface area contributed by atoms with Gasteiger partial charge in [0.1, 0.15) is 12.4 Å². The number of aromatic nitrogens is 3. The van der Waals surface area contributed by atoms with Gasteiger partial charge in [0.15, 0.2) is 0 Å². The van der Waals surface area contributed by atoms with Gasteiger partial charge in [-0.2, -0.15) is 5.26 Å². The number of hydrogen-bond donors (Lipinski definition) is 2. The zero-order chi connectivity index (χ0) is 13.0. The van der Waals surface area contributed by atoms with Crippen molar-refractivity contribution in [3.63, 3.8) is 0 Å². The van der Waals surface area contributed by atoms with E-state index < -0.39 is 0 Å². The van der Waals surface area contributed by atoms with Gasteiger partial charge in [0.05, 0.1) is 6.54 Å². The van der Waals surface area contributed by atoms with E-state index in [1.165, 1.54) is 11.0 Å². The number of amides is 1. The lowest BCUT2D eigenvalue weighted by atomic mass is 10.1. The monoisotopic (exact) mass is 242 g/mol. The van der Waals surface area contributed by atoms with Gasteiger partial charge in [0, 0.05) is 5.56 Å². The molecule has 90 valence electrons. The first-order chi connectivity index (χ1) is 8.72. The predicted octanol–water partition coefficient (Wildman–Crippen LogP) is -0.198. The molecule has 18 heavy (non-hydrogen) atoms. The van der Waals surface area contributed by atoms with Crippen molar-refractivity contribution in [2.24, 2.45) is 5.84 Å². The van der Waals surface area contributed by atoms with Crippen LogP contribution in [0.25, 0.3) is 0 Å². The van der Waals surface area contributed by atoms with Gasteiger partial charge in [-0.25, -0.2) is 15.5 Å². The highest BCUT2D eigenvalue weighted by atomic mass is 16.2. The van der Waals surface area contributed by atoms with Gasteiger partial charge in [-0.05, 0) is 17.7 Å². The molecule has 2 rings (SSSR count). The molecule has 0 aliphatic rings. The molecule has 1 aromatic heterocycles. The summed E-state index contributed by atoms with van der Waals surface area (Å²) in [7, 11) is 0. The molecule has 0 aliphatic carbocycles. The highest BCUT2D eigenvalue weighted by Gasteiger charge is 2.05. The summed E-state index contributed by atoms with van der Waals surface area (Å²) in [5.41, 5.74) is 3.40. The fourth-order valence-electron chi connectivity index (χ4n) is 1.50. The fraction of sp³-hybridized carbons (Fsp3) is 0.0909. The molecule has 1 heterocycles. The number of carbonyl (C=O) groups excluding carboxylic acids is 1. The average molecular weight is 242 g/mol. The molecular weight excluding hydrogens is 232 g/mol. The van der Waals surface area contributed by atoms with Crippen molar-refractivity contribution in [2.45, 2.75) is 6.54 Å². The highest BCUT2D eigenvalue weighted by molar-refractivity contribution is 5.93. The van der Waals surface area contributed by atoms with Gasteiger partial charge in [0.2, 0.25) is 0 Å². The minimum atomic E-state index is -0.354. The second kappa shape index (κ2) is 5.07. The van der Waals surface area contributed by atoms with Crippen molar-refractivity contribution < 1.29 is 4.79 Å². The summed E-state index contributed by atoms with van der Waals surface area (Å²) in [5.74, 6) is 4.83. The van der Waals surface area contributed by atoms with Crippen LogP contribution in [0.1, 0.15) is 21.7 Å². The smallest absolute Gasteiger partial charge is 0.265 e. The Labute approximate surface area is 103 Å². The van der Waals surface area contributed by atoms with E-state index in [2.05, 4.69) is 15.5 Å². The van der Waals surface area contributed by atoms with Gasteiger partial charge in [-0.15, -0.1) is 5.10 Å². The van der Waals surface area contributed by atoms with Crippen LogP contribution in [0.5, 0.6) is 0 Å². The van der Waals surface area contributed by atoms with Crippen LogP contribution in [0.3, 0.4) is 0 Å². The molecule has 7 nitrogen and oxygen atoms in total. The van der Waals surface area contributed by atoms with Crippen molar-refractivity contribution in [1.29, 1.82) is 5.26 Å². The molecule has 3 N–H and O–H groups in total. The third kappa shape index (κ3) is 2.50. The maximum absolute atomic E-state index is 11.4. The average Bonchev–Trinajstić information content (AvgIpc) is 2.86. The largest absolute Gasteiger partial charge is 0.290 e. The first-order valence-electron chi connectivity index (χ1n) is 5.12. The van der Waals surface area contributed by atoms with E-state index in [-0.39, 0.29) is 11.7 Å². The normalized spacial score (nSPS) is 9.78. The second-order valence-corrected chi connectivity index (χ2v) is 3.55. The summed E-state index contributed by atoms with van der Waals surface area (Å²) in [6, 6.07) is 8.81. The standard InChI is InChI=1S/C11H10N6O/c12-5-10-14-7-17(16-10)6-8-2-1-3-9(4-8)11(18)15-13/h1-4,7H,6,13H2,(H,15,18). The number of benzene rings is 1. The van der Waals surface area contributed by atoms with E-state index in [9.17, 15) is 4.79 Å². The molecule has 0 saturated carbocycles. The lowest BCUT2D eigenvalue weighted by Crippen LogP contribution is -2.30. The Morgan fingerprint density at radius 3 is 3.06 bits per heavy atom. The van der Waals surface area contributed by atoms with Crippen LogP contribution >= 0.6 is 0 Å². The summed E-state index contributed by atoms with van der Waals surface area (Å²) in [4.78, 5) is 15.2. The van der Waals surface area contributed by atoms with Crippen LogP contribution in [0.2, 0.25) is 0 Å². The SMILES string of the molecule is N#Cc1ncn(Cc2cccc(C(=O)NN)c2)n1. The number of nitrogens with zero attached hydrogens (tertiary/aromatic N) is 4. The van der Waals surface area contributed by atoms with Crippen molar-refractivity contribution in [3.8, 4) is 6.07 Å². The molecule has 1 amide bonds. The predicted molar refractivity (Wildman–Crippen MR) is 61.9 cm³/mol. The third-order valence-electron chi connectivity index (χ3n) is 2.30. The van der Waals surface area contributed by atoms with Crippen LogP contribution in [-0.4, -0.2) is 20.7 Å². The molecule has 0 radical (unpaired) electrons. The van der Waals surface area contributed by atoms with Crippen molar-refractivity contribution in [1.82, 2.24) is 20.2 Å². The van der Waals surface area contributed by atoms with Gasteiger partial charge >= 0.3 is 0 Å². The molecule has 0 saturated heterocycles. The van der Waals surface area contributed by atoms with Crippen LogP contribution in [0, 0.1) is 11.3 Å². The van der Waals surface area contributed by atoms with Crippen molar-refractivity contribution >= 4 is 5.91 Å². The van der Waals surface area contributed by atoms with Crippen molar-refractivity contribution in [2.75, 3.05) is 0 Å². The zero-order valence-corrected chi connectivity index (χ0v) is 9.37. The van der Waals surface area contributed by atoms with Gasteiger partial charge in [-0.3, -0.25) is 10.2 Å². The van der Waals surface area contributed by atoms with E-state index in [4.69, 9.17) is 11.1 Å². The lowest BCUT2D eigenvalue weighted by Gasteiger charge is -2.04. The zero-order valence-electron chi connectivity index (χ0n) is 9.37. The summed E-state index contributed by atoms with van der Waals surface area (Å²) in [5, 5.41) is 12.5. The number of nitrogen functional groups attached to an aromatic ring is 1. The Bertz CT molecular complexity index is 612. The van der Waals surface area contributed by atoms with Crippen LogP contribution in [0.4, 0.5) is 0 Å². The Balaban J connectivity index is 2.19. The Morgan fingerprint density at radius 1 is 1.56 bits per heavy atom. The van der Waals surface area contributed by atoms with E-state index >= 15 is 0 Å². The van der Waals surface area contributed by atoms with E-state index in [0.717, 1.165) is 5.56 Å². The molecular formula is C11H10N6O. The molecule has 0 atom stereocenters. The minimum Gasteiger partial charge on any atom is -0.290 e. The topological polar surface area (TPSA) is 110 Å². The minimum absolute atomic E-state index is 0.117. The number of hydrogen-bond acceptors (Lipinski definition) is 5. The van der Waals surface area contributed by atoms with Crippen molar-refractivity contribution in [3.05, 3.63) is 47.5 Å². The van der Waals surface area contributed by atoms with Gasteiger partial charge < -0.3 is 0 Å². The Kier molecular flexibility index (Phi) is 3.31. The Hall–Kier alpha value is -2.72. The number of carbonyl (C=O) groups is 1. The van der Waals surface area contributed by atoms with E-state index in [1.54, 1.807) is 18.2 Å². The summed E-state index contributed by atoms with van der Waals surface area (Å²) < 4.78 is 1.53. The molecule has 0 unspecified atom stereocenters. The first-order valence-corrected chi connectivity index (χ1v) is 5.12. The highest BCUT2D eigenvalue weighted by Crippen LogP contribution is 2.06. The molecule has 2 aromatic rings. The second-order valence-electron chi connectivity index (χ2n) is 3.55. The number of nitrogens with one attached hydrogen (secondary N) is 1. The maximum atomic E-state index is 11.4. The molecule has 0 bridgehead atoms. The molecule has 7 heteroatoms. The molecule has 0 aliphatic heterocycles. The summed E-state index contributed by atoms with van der Waals surface area (Å²) in [6.07, 6.45) is 1.47. The number of nitriles is 1. The quantitative estimate of drug-likeness (QED) is 0.440.